The summed E-state index contributed by atoms with van der Waals surface area (Å²) in [7, 11) is 0. The van der Waals surface area contributed by atoms with Gasteiger partial charge in [0.05, 0.1) is 13.1 Å². The lowest BCUT2D eigenvalue weighted by Gasteiger charge is -2.36. The lowest BCUT2D eigenvalue weighted by molar-refractivity contribution is -0.149. The van der Waals surface area contributed by atoms with Crippen LogP contribution in [-0.4, -0.2) is 52.6 Å². The molecule has 1 aliphatic rings. The number of hydrogen-bond acceptors (Lipinski definition) is 3. The number of halogens is 4. The molecule has 0 bridgehead atoms. The van der Waals surface area contributed by atoms with Gasteiger partial charge in [-0.25, -0.2) is 22.4 Å². The number of amides is 4. The number of barbiturate groups is 1. The van der Waals surface area contributed by atoms with Crippen LogP contribution in [0.1, 0.15) is 17.5 Å². The van der Waals surface area contributed by atoms with E-state index in [0.717, 1.165) is 0 Å². The zero-order chi connectivity index (χ0) is 22.6. The van der Waals surface area contributed by atoms with Crippen molar-refractivity contribution in [3.8, 4) is 0 Å². The first kappa shape index (κ1) is 22.5. The molecule has 0 aromatic heterocycles. The van der Waals surface area contributed by atoms with Crippen molar-refractivity contribution in [2.75, 3.05) is 13.1 Å². The van der Waals surface area contributed by atoms with E-state index < -0.39 is 62.0 Å². The topological polar surface area (TPSA) is 57.7 Å². The van der Waals surface area contributed by atoms with E-state index in [2.05, 4.69) is 0 Å². The van der Waals surface area contributed by atoms with Crippen LogP contribution in [-0.2, 0) is 22.4 Å². The van der Waals surface area contributed by atoms with Crippen molar-refractivity contribution < 1.29 is 31.9 Å². The molecule has 1 aliphatic heterocycles. The normalized spacial score (nSPS) is 15.5. The Hall–Kier alpha value is -3.23. The van der Waals surface area contributed by atoms with Gasteiger partial charge in [0.1, 0.15) is 6.42 Å². The van der Waals surface area contributed by atoms with Gasteiger partial charge in [-0.15, -0.1) is 0 Å². The van der Waals surface area contributed by atoms with Crippen molar-refractivity contribution in [1.82, 2.24) is 9.80 Å². The van der Waals surface area contributed by atoms with Gasteiger partial charge >= 0.3 is 6.03 Å². The molecule has 1 fully saturated rings. The van der Waals surface area contributed by atoms with Gasteiger partial charge in [-0.1, -0.05) is 60.7 Å². The molecule has 0 saturated carbocycles. The second kappa shape index (κ2) is 8.87. The Morgan fingerprint density at radius 3 is 1.35 bits per heavy atom. The summed E-state index contributed by atoms with van der Waals surface area (Å²) in [6.07, 6.45) is -2.42. The fourth-order valence-corrected chi connectivity index (χ4v) is 3.35. The second-order valence-corrected chi connectivity index (χ2v) is 7.46. The van der Waals surface area contributed by atoms with Crippen LogP contribution >= 0.6 is 0 Å². The highest BCUT2D eigenvalue weighted by Crippen LogP contribution is 2.27. The maximum absolute atomic E-state index is 14.5. The highest BCUT2D eigenvalue weighted by atomic mass is 19.3. The molecule has 0 spiro atoms. The number of benzene rings is 2. The highest BCUT2D eigenvalue weighted by molar-refractivity contribution is 6.14. The van der Waals surface area contributed by atoms with Gasteiger partial charge in [0.2, 0.25) is 11.8 Å². The van der Waals surface area contributed by atoms with Crippen molar-refractivity contribution in [3.05, 3.63) is 71.8 Å². The minimum atomic E-state index is -3.49. The summed E-state index contributed by atoms with van der Waals surface area (Å²) in [6.45, 7) is -2.60. The van der Waals surface area contributed by atoms with Gasteiger partial charge in [-0.3, -0.25) is 19.4 Å². The summed E-state index contributed by atoms with van der Waals surface area (Å²) in [6, 6.07) is 14.0. The molecule has 3 rings (SSSR count). The molecule has 9 heteroatoms. The Balaban J connectivity index is 1.72. The van der Waals surface area contributed by atoms with Crippen molar-refractivity contribution >= 4 is 17.8 Å². The van der Waals surface area contributed by atoms with E-state index in [-0.39, 0.29) is 20.9 Å². The van der Waals surface area contributed by atoms with Crippen LogP contribution in [0.25, 0.3) is 0 Å². The van der Waals surface area contributed by atoms with Crippen LogP contribution in [0.2, 0.25) is 0 Å². The molecule has 1 saturated heterocycles. The molecule has 0 N–H and O–H groups in total. The van der Waals surface area contributed by atoms with E-state index in [9.17, 15) is 31.9 Å². The number of carbonyl (C=O) groups is 3. The number of urea groups is 1. The third-order valence-electron chi connectivity index (χ3n) is 4.76. The SMILES string of the molecule is O=C1CC(=O)N(CC(F)(F)Cc2ccccc2)C(=O)N1CC(F)(F)Cc1ccccc1. The lowest BCUT2D eigenvalue weighted by Crippen LogP contribution is -2.60. The van der Waals surface area contributed by atoms with E-state index in [0.29, 0.717) is 0 Å². The second-order valence-electron chi connectivity index (χ2n) is 7.46. The van der Waals surface area contributed by atoms with Crippen molar-refractivity contribution in [2.45, 2.75) is 31.1 Å². The first-order valence-electron chi connectivity index (χ1n) is 9.54. The third kappa shape index (κ3) is 5.90. The van der Waals surface area contributed by atoms with Gasteiger partial charge in [0.25, 0.3) is 11.8 Å². The zero-order valence-corrected chi connectivity index (χ0v) is 16.4. The number of imide groups is 2. The monoisotopic (exact) mass is 436 g/mol. The molecule has 0 atom stereocenters. The summed E-state index contributed by atoms with van der Waals surface area (Å²) in [5.41, 5.74) is 0.568. The summed E-state index contributed by atoms with van der Waals surface area (Å²) < 4.78 is 58.0. The Morgan fingerprint density at radius 1 is 0.645 bits per heavy atom. The maximum atomic E-state index is 14.5. The zero-order valence-electron chi connectivity index (χ0n) is 16.4. The summed E-state index contributed by atoms with van der Waals surface area (Å²) in [4.78, 5) is 37.1. The fourth-order valence-electron chi connectivity index (χ4n) is 3.35. The Bertz CT molecular complexity index is 876. The van der Waals surface area contributed by atoms with Gasteiger partial charge < -0.3 is 0 Å². The Kier molecular flexibility index (Phi) is 6.42. The van der Waals surface area contributed by atoms with Gasteiger partial charge in [-0.05, 0) is 11.1 Å². The number of hydrogen-bond donors (Lipinski definition) is 0. The lowest BCUT2D eigenvalue weighted by atomic mass is 10.1. The molecule has 164 valence electrons. The van der Waals surface area contributed by atoms with Crippen molar-refractivity contribution in [2.24, 2.45) is 0 Å². The van der Waals surface area contributed by atoms with E-state index in [1.54, 1.807) is 36.4 Å². The van der Waals surface area contributed by atoms with Gasteiger partial charge in [-0.2, -0.15) is 0 Å². The van der Waals surface area contributed by atoms with Crippen LogP contribution < -0.4 is 0 Å². The highest BCUT2D eigenvalue weighted by Gasteiger charge is 2.46. The molecule has 2 aromatic rings. The number of rotatable bonds is 8. The van der Waals surface area contributed by atoms with Crippen LogP contribution in [0.4, 0.5) is 22.4 Å². The van der Waals surface area contributed by atoms with Gasteiger partial charge in [0, 0.05) is 12.8 Å². The summed E-state index contributed by atoms with van der Waals surface area (Å²) >= 11 is 0. The van der Waals surface area contributed by atoms with Gasteiger partial charge in [0.15, 0.2) is 0 Å². The van der Waals surface area contributed by atoms with Crippen LogP contribution in [0.3, 0.4) is 0 Å². The number of alkyl halides is 4. The molecule has 0 unspecified atom stereocenters. The molecule has 2 aromatic carbocycles. The summed E-state index contributed by atoms with van der Waals surface area (Å²) in [5, 5.41) is 0. The number of nitrogens with zero attached hydrogens (tertiary/aromatic N) is 2. The molecule has 0 aliphatic carbocycles. The first-order chi connectivity index (χ1) is 14.6. The molecule has 4 amide bonds. The molecular weight excluding hydrogens is 416 g/mol. The molecular formula is C22H20F4N2O3. The average molecular weight is 436 g/mol. The molecule has 5 nitrogen and oxygen atoms in total. The van der Waals surface area contributed by atoms with Crippen molar-refractivity contribution in [1.29, 1.82) is 0 Å². The van der Waals surface area contributed by atoms with E-state index in [4.69, 9.17) is 0 Å². The Labute approximate surface area is 176 Å². The summed E-state index contributed by atoms with van der Waals surface area (Å²) in [5.74, 6) is -9.26. The predicted molar refractivity (Wildman–Crippen MR) is 104 cm³/mol. The standard InChI is InChI=1S/C22H20F4N2O3/c23-21(24,12-16-7-3-1-4-8-16)14-27-18(29)11-19(30)28(20(27)31)15-22(25,26)13-17-9-5-2-6-10-17/h1-10H,11-15H2. The van der Waals surface area contributed by atoms with E-state index >= 15 is 0 Å². The average Bonchev–Trinajstić information content (AvgIpc) is 2.69. The smallest absolute Gasteiger partial charge is 0.274 e. The van der Waals surface area contributed by atoms with Crippen molar-refractivity contribution in [3.63, 3.8) is 0 Å². The molecule has 1 heterocycles. The Morgan fingerprint density at radius 2 is 1.00 bits per heavy atom. The fraction of sp³-hybridized carbons (Fsp3) is 0.318. The van der Waals surface area contributed by atoms with Crippen LogP contribution in [0.15, 0.2) is 60.7 Å². The third-order valence-corrected chi connectivity index (χ3v) is 4.76. The number of carbonyl (C=O) groups excluding carboxylic acids is 3. The largest absolute Gasteiger partial charge is 0.333 e. The minimum Gasteiger partial charge on any atom is -0.274 e. The quantitative estimate of drug-likeness (QED) is 0.466. The minimum absolute atomic E-state index is 0.183. The predicted octanol–water partition coefficient (Wildman–Crippen LogP) is 3.92. The molecule has 0 radical (unpaired) electrons. The van der Waals surface area contributed by atoms with E-state index in [1.165, 1.54) is 24.3 Å². The van der Waals surface area contributed by atoms with Crippen LogP contribution in [0, 0.1) is 0 Å². The molecule has 31 heavy (non-hydrogen) atoms. The van der Waals surface area contributed by atoms with Crippen LogP contribution in [0.5, 0.6) is 0 Å². The maximum Gasteiger partial charge on any atom is 0.333 e. The van der Waals surface area contributed by atoms with E-state index in [1.807, 2.05) is 0 Å². The first-order valence-corrected chi connectivity index (χ1v) is 9.54.